The number of benzene rings is 1. The molecule has 2 aromatic rings. The molecule has 22 heavy (non-hydrogen) atoms. The summed E-state index contributed by atoms with van der Waals surface area (Å²) in [5.74, 6) is 1.16. The summed E-state index contributed by atoms with van der Waals surface area (Å²) in [5, 5.41) is 9.00. The third-order valence-electron chi connectivity index (χ3n) is 2.74. The largest absolute Gasteiger partial charge is 0.351 e. The molecule has 6 nitrogen and oxygen atoms in total. The normalized spacial score (nSPS) is 9.91. The zero-order valence-corrected chi connectivity index (χ0v) is 12.7. The molecular formula is C16H19N5O. The average Bonchev–Trinajstić information content (AvgIpc) is 2.46. The molecule has 0 saturated carbocycles. The number of nitrogens with zero attached hydrogens (tertiary/aromatic N) is 2. The van der Waals surface area contributed by atoms with Crippen LogP contribution >= 0.6 is 0 Å². The number of hydrogen-bond acceptors (Lipinski definition) is 5. The monoisotopic (exact) mass is 297 g/mol. The minimum atomic E-state index is -0.0925. The number of anilines is 4. The second-order valence-electron chi connectivity index (χ2n) is 4.77. The van der Waals surface area contributed by atoms with Crippen LogP contribution in [0.25, 0.3) is 0 Å². The van der Waals surface area contributed by atoms with E-state index in [2.05, 4.69) is 32.5 Å². The minimum Gasteiger partial charge on any atom is -0.351 e. The first-order chi connectivity index (χ1) is 10.6. The Bertz CT molecular complexity index is 667. The van der Waals surface area contributed by atoms with E-state index in [4.69, 9.17) is 0 Å². The molecule has 1 aromatic heterocycles. The third-order valence-corrected chi connectivity index (χ3v) is 2.74. The molecule has 0 atom stereocenters. The van der Waals surface area contributed by atoms with Crippen LogP contribution in [-0.4, -0.2) is 22.4 Å². The van der Waals surface area contributed by atoms with Gasteiger partial charge in [0.15, 0.2) is 0 Å². The van der Waals surface area contributed by atoms with Crippen LogP contribution in [0, 0.1) is 6.92 Å². The van der Waals surface area contributed by atoms with Crippen LogP contribution in [0.4, 0.5) is 23.1 Å². The lowest BCUT2D eigenvalue weighted by atomic mass is 10.2. The lowest BCUT2D eigenvalue weighted by Crippen LogP contribution is -2.06. The van der Waals surface area contributed by atoms with E-state index in [0.717, 1.165) is 17.1 Å². The van der Waals surface area contributed by atoms with Crippen molar-refractivity contribution in [3.05, 3.63) is 48.7 Å². The molecule has 0 spiro atoms. The highest BCUT2D eigenvalue weighted by Gasteiger charge is 2.03. The number of rotatable bonds is 6. The first-order valence-corrected chi connectivity index (χ1v) is 6.92. The highest BCUT2D eigenvalue weighted by molar-refractivity contribution is 5.88. The fourth-order valence-corrected chi connectivity index (χ4v) is 1.86. The van der Waals surface area contributed by atoms with Gasteiger partial charge in [0, 0.05) is 36.6 Å². The van der Waals surface area contributed by atoms with Gasteiger partial charge in [-0.3, -0.25) is 4.79 Å². The van der Waals surface area contributed by atoms with Crippen LogP contribution < -0.4 is 16.0 Å². The van der Waals surface area contributed by atoms with Gasteiger partial charge in [0.25, 0.3) is 0 Å². The first-order valence-electron chi connectivity index (χ1n) is 6.92. The molecular weight excluding hydrogens is 278 g/mol. The number of aromatic nitrogens is 2. The lowest BCUT2D eigenvalue weighted by molar-refractivity contribution is -0.114. The van der Waals surface area contributed by atoms with Gasteiger partial charge in [-0.1, -0.05) is 6.08 Å². The number of carbonyl (C=O) groups is 1. The summed E-state index contributed by atoms with van der Waals surface area (Å²) < 4.78 is 0. The molecule has 1 amide bonds. The predicted molar refractivity (Wildman–Crippen MR) is 89.5 cm³/mol. The van der Waals surface area contributed by atoms with Crippen molar-refractivity contribution in [1.82, 2.24) is 9.97 Å². The van der Waals surface area contributed by atoms with Crippen molar-refractivity contribution in [1.29, 1.82) is 0 Å². The van der Waals surface area contributed by atoms with E-state index in [1.54, 1.807) is 6.08 Å². The molecule has 0 aliphatic rings. The van der Waals surface area contributed by atoms with Gasteiger partial charge in [0.05, 0.1) is 0 Å². The van der Waals surface area contributed by atoms with Crippen LogP contribution in [-0.2, 0) is 4.79 Å². The molecule has 0 aliphatic carbocycles. The van der Waals surface area contributed by atoms with E-state index in [9.17, 15) is 4.79 Å². The van der Waals surface area contributed by atoms with Gasteiger partial charge >= 0.3 is 0 Å². The summed E-state index contributed by atoms with van der Waals surface area (Å²) in [7, 11) is 0. The molecule has 3 N–H and O–H groups in total. The maximum Gasteiger partial charge on any atom is 0.225 e. The number of nitrogens with one attached hydrogen (secondary N) is 3. The third kappa shape index (κ3) is 4.59. The number of amides is 1. The maximum absolute atomic E-state index is 11.0. The van der Waals surface area contributed by atoms with Crippen molar-refractivity contribution in [2.75, 3.05) is 22.5 Å². The van der Waals surface area contributed by atoms with Crippen molar-refractivity contribution < 1.29 is 4.79 Å². The fourth-order valence-electron chi connectivity index (χ4n) is 1.86. The minimum absolute atomic E-state index is 0.0925. The van der Waals surface area contributed by atoms with Crippen molar-refractivity contribution in [2.24, 2.45) is 0 Å². The van der Waals surface area contributed by atoms with E-state index in [-0.39, 0.29) is 5.91 Å². The van der Waals surface area contributed by atoms with Crippen LogP contribution in [0.1, 0.15) is 12.6 Å². The Morgan fingerprint density at radius 2 is 1.91 bits per heavy atom. The summed E-state index contributed by atoms with van der Waals surface area (Å²) in [4.78, 5) is 19.7. The van der Waals surface area contributed by atoms with E-state index in [1.807, 2.05) is 37.3 Å². The molecule has 0 radical (unpaired) electrons. The molecule has 0 bridgehead atoms. The summed E-state index contributed by atoms with van der Waals surface area (Å²) >= 11 is 0. The Morgan fingerprint density at radius 1 is 1.23 bits per heavy atom. The SMILES string of the molecule is C=CCNc1nc(C)cc(Nc2ccc(NC(C)=O)cc2)n1. The van der Waals surface area contributed by atoms with Crippen LogP contribution in [0.15, 0.2) is 43.0 Å². The average molecular weight is 297 g/mol. The quantitative estimate of drug-likeness (QED) is 0.714. The number of aryl methyl sites for hydroxylation is 1. The molecule has 0 saturated heterocycles. The van der Waals surface area contributed by atoms with Crippen LogP contribution in [0.2, 0.25) is 0 Å². The molecule has 0 aliphatic heterocycles. The van der Waals surface area contributed by atoms with E-state index in [1.165, 1.54) is 6.92 Å². The zero-order valence-electron chi connectivity index (χ0n) is 12.7. The lowest BCUT2D eigenvalue weighted by Gasteiger charge is -2.10. The van der Waals surface area contributed by atoms with Crippen LogP contribution in [0.3, 0.4) is 0 Å². The number of carbonyl (C=O) groups excluding carboxylic acids is 1. The number of hydrogen-bond donors (Lipinski definition) is 3. The van der Waals surface area contributed by atoms with Gasteiger partial charge in [-0.2, -0.15) is 4.98 Å². The van der Waals surface area contributed by atoms with Gasteiger partial charge < -0.3 is 16.0 Å². The van der Waals surface area contributed by atoms with Crippen LogP contribution in [0.5, 0.6) is 0 Å². The van der Waals surface area contributed by atoms with Gasteiger partial charge in [-0.15, -0.1) is 6.58 Å². The molecule has 1 aromatic carbocycles. The Hall–Kier alpha value is -2.89. The molecule has 2 rings (SSSR count). The van der Waals surface area contributed by atoms with Crippen molar-refractivity contribution in [3.8, 4) is 0 Å². The standard InChI is InChI=1S/C16H19N5O/c1-4-9-17-16-18-11(2)10-15(21-16)20-14-7-5-13(6-8-14)19-12(3)22/h4-8,10H,1,9H2,2-3H3,(H,19,22)(H2,17,18,20,21). The van der Waals surface area contributed by atoms with Gasteiger partial charge in [0.2, 0.25) is 11.9 Å². The second kappa shape index (κ2) is 7.21. The fraction of sp³-hybridized carbons (Fsp3) is 0.188. The Kier molecular flexibility index (Phi) is 5.08. The first kappa shape index (κ1) is 15.5. The van der Waals surface area contributed by atoms with Crippen molar-refractivity contribution >= 4 is 29.0 Å². The smallest absolute Gasteiger partial charge is 0.225 e. The molecule has 6 heteroatoms. The zero-order chi connectivity index (χ0) is 15.9. The summed E-state index contributed by atoms with van der Waals surface area (Å²) in [6, 6.07) is 9.27. The van der Waals surface area contributed by atoms with Crippen molar-refractivity contribution in [3.63, 3.8) is 0 Å². The maximum atomic E-state index is 11.0. The van der Waals surface area contributed by atoms with Gasteiger partial charge in [0.1, 0.15) is 5.82 Å². The molecule has 114 valence electrons. The topological polar surface area (TPSA) is 78.9 Å². The molecule has 0 fully saturated rings. The van der Waals surface area contributed by atoms with E-state index >= 15 is 0 Å². The Labute approximate surface area is 129 Å². The van der Waals surface area contributed by atoms with Gasteiger partial charge in [-0.05, 0) is 31.2 Å². The van der Waals surface area contributed by atoms with E-state index < -0.39 is 0 Å². The second-order valence-corrected chi connectivity index (χ2v) is 4.77. The Morgan fingerprint density at radius 3 is 2.55 bits per heavy atom. The van der Waals surface area contributed by atoms with E-state index in [0.29, 0.717) is 18.3 Å². The Balaban J connectivity index is 2.10. The highest BCUT2D eigenvalue weighted by atomic mass is 16.1. The summed E-state index contributed by atoms with van der Waals surface area (Å²) in [6.07, 6.45) is 1.75. The molecule has 0 unspecified atom stereocenters. The predicted octanol–water partition coefficient (Wildman–Crippen LogP) is 3.08. The summed E-state index contributed by atoms with van der Waals surface area (Å²) in [6.45, 7) is 7.65. The van der Waals surface area contributed by atoms with Crippen molar-refractivity contribution in [2.45, 2.75) is 13.8 Å². The summed E-state index contributed by atoms with van der Waals surface area (Å²) in [5.41, 5.74) is 2.49. The van der Waals surface area contributed by atoms with Gasteiger partial charge in [-0.25, -0.2) is 4.98 Å². The highest BCUT2D eigenvalue weighted by Crippen LogP contribution is 2.19. The molecule has 1 heterocycles.